The molecule has 25 heavy (non-hydrogen) atoms. The minimum Gasteiger partial charge on any atom is -0.495 e. The zero-order chi connectivity index (χ0) is 17.4. The molecule has 1 aliphatic heterocycles. The molecule has 4 rings (SSSR count). The summed E-state index contributed by atoms with van der Waals surface area (Å²) in [7, 11) is 1.74. The van der Waals surface area contributed by atoms with Crippen LogP contribution < -0.4 is 9.64 Å². The molecule has 0 atom stereocenters. The second-order valence-electron chi connectivity index (χ2n) is 6.77. The standard InChI is InChI=1S/C23H23NO/c1-16-8-12-20-18(14-16)10-11-19-15-17(2)9-13-21(19)24(20)22-6-4-5-7-23(22)25-3/h4-9,12-15H,10-11H2,1-3H3. The second kappa shape index (κ2) is 6.29. The van der Waals surface area contributed by atoms with Gasteiger partial charge in [-0.2, -0.15) is 0 Å². The number of hydrogen-bond donors (Lipinski definition) is 0. The van der Waals surface area contributed by atoms with E-state index in [1.165, 1.54) is 33.6 Å². The average molecular weight is 329 g/mol. The number of benzene rings is 3. The Labute approximate surface area is 149 Å². The summed E-state index contributed by atoms with van der Waals surface area (Å²) in [6, 6.07) is 21.8. The van der Waals surface area contributed by atoms with Crippen molar-refractivity contribution in [2.24, 2.45) is 0 Å². The molecule has 2 nitrogen and oxygen atoms in total. The Hall–Kier alpha value is -2.74. The fraction of sp³-hybridized carbons (Fsp3) is 0.217. The van der Waals surface area contributed by atoms with E-state index in [2.05, 4.69) is 67.3 Å². The number of nitrogens with zero attached hydrogens (tertiary/aromatic N) is 1. The van der Waals surface area contributed by atoms with Crippen LogP contribution in [0.3, 0.4) is 0 Å². The Morgan fingerprint density at radius 3 is 1.84 bits per heavy atom. The van der Waals surface area contributed by atoms with Crippen molar-refractivity contribution >= 4 is 17.1 Å². The molecule has 126 valence electrons. The summed E-state index contributed by atoms with van der Waals surface area (Å²) in [5.41, 5.74) is 8.97. The summed E-state index contributed by atoms with van der Waals surface area (Å²) in [4.78, 5) is 2.36. The van der Waals surface area contributed by atoms with Gasteiger partial charge in [-0.15, -0.1) is 0 Å². The van der Waals surface area contributed by atoms with Crippen LogP contribution >= 0.6 is 0 Å². The zero-order valence-electron chi connectivity index (χ0n) is 15.0. The largest absolute Gasteiger partial charge is 0.495 e. The van der Waals surface area contributed by atoms with E-state index in [0.717, 1.165) is 24.3 Å². The van der Waals surface area contributed by atoms with E-state index < -0.39 is 0 Å². The molecule has 0 N–H and O–H groups in total. The zero-order valence-corrected chi connectivity index (χ0v) is 15.0. The van der Waals surface area contributed by atoms with Crippen LogP contribution in [0.25, 0.3) is 0 Å². The van der Waals surface area contributed by atoms with Gasteiger partial charge in [0, 0.05) is 11.4 Å². The minimum absolute atomic E-state index is 0.891. The molecule has 0 radical (unpaired) electrons. The van der Waals surface area contributed by atoms with Crippen LogP contribution in [0.5, 0.6) is 5.75 Å². The Bertz CT molecular complexity index is 876. The molecular weight excluding hydrogens is 306 g/mol. The lowest BCUT2D eigenvalue weighted by atomic mass is 10.0. The molecule has 2 heteroatoms. The maximum Gasteiger partial charge on any atom is 0.142 e. The SMILES string of the molecule is COc1ccccc1N1c2ccc(C)cc2CCc2cc(C)ccc21. The lowest BCUT2D eigenvalue weighted by molar-refractivity contribution is 0.416. The summed E-state index contributed by atoms with van der Waals surface area (Å²) in [6.07, 6.45) is 2.11. The summed E-state index contributed by atoms with van der Waals surface area (Å²) >= 11 is 0. The summed E-state index contributed by atoms with van der Waals surface area (Å²) in [5.74, 6) is 0.891. The van der Waals surface area contributed by atoms with Crippen LogP contribution in [0.15, 0.2) is 60.7 Å². The molecule has 0 fully saturated rings. The van der Waals surface area contributed by atoms with Crippen LogP contribution in [0.1, 0.15) is 22.3 Å². The van der Waals surface area contributed by atoms with Crippen molar-refractivity contribution in [1.82, 2.24) is 0 Å². The third kappa shape index (κ3) is 2.78. The molecule has 0 amide bonds. The third-order valence-corrected chi connectivity index (χ3v) is 4.94. The number of methoxy groups -OCH3 is 1. The van der Waals surface area contributed by atoms with Gasteiger partial charge in [0.15, 0.2) is 0 Å². The molecule has 0 aliphatic carbocycles. The van der Waals surface area contributed by atoms with Gasteiger partial charge < -0.3 is 9.64 Å². The highest BCUT2D eigenvalue weighted by molar-refractivity contribution is 5.84. The average Bonchev–Trinajstić information content (AvgIpc) is 2.78. The van der Waals surface area contributed by atoms with Crippen molar-refractivity contribution in [2.75, 3.05) is 12.0 Å². The van der Waals surface area contributed by atoms with Crippen LogP contribution in [-0.2, 0) is 12.8 Å². The van der Waals surface area contributed by atoms with E-state index in [9.17, 15) is 0 Å². The van der Waals surface area contributed by atoms with Gasteiger partial charge in [-0.25, -0.2) is 0 Å². The van der Waals surface area contributed by atoms with E-state index in [0.29, 0.717) is 0 Å². The molecule has 0 spiro atoms. The Morgan fingerprint density at radius 2 is 1.28 bits per heavy atom. The number of fused-ring (bicyclic) bond motifs is 2. The maximum atomic E-state index is 5.68. The van der Waals surface area contributed by atoms with Crippen LogP contribution in [-0.4, -0.2) is 7.11 Å². The molecule has 3 aromatic carbocycles. The molecule has 1 aliphatic rings. The van der Waals surface area contributed by atoms with Crippen molar-refractivity contribution < 1.29 is 4.74 Å². The highest BCUT2D eigenvalue weighted by Gasteiger charge is 2.24. The summed E-state index contributed by atoms with van der Waals surface area (Å²) in [6.45, 7) is 4.33. The first-order valence-electron chi connectivity index (χ1n) is 8.79. The van der Waals surface area contributed by atoms with Gasteiger partial charge in [0.2, 0.25) is 0 Å². The van der Waals surface area contributed by atoms with E-state index in [-0.39, 0.29) is 0 Å². The molecule has 0 saturated carbocycles. The van der Waals surface area contributed by atoms with Gasteiger partial charge in [0.1, 0.15) is 5.75 Å². The van der Waals surface area contributed by atoms with E-state index in [4.69, 9.17) is 4.74 Å². The van der Waals surface area contributed by atoms with Crippen molar-refractivity contribution in [1.29, 1.82) is 0 Å². The molecule has 0 unspecified atom stereocenters. The Kier molecular flexibility index (Phi) is 3.96. The van der Waals surface area contributed by atoms with Crippen molar-refractivity contribution in [3.63, 3.8) is 0 Å². The molecule has 0 saturated heterocycles. The smallest absolute Gasteiger partial charge is 0.142 e. The van der Waals surface area contributed by atoms with Crippen molar-refractivity contribution in [2.45, 2.75) is 26.7 Å². The van der Waals surface area contributed by atoms with Gasteiger partial charge in [0.05, 0.1) is 12.8 Å². The number of rotatable bonds is 2. The first-order chi connectivity index (χ1) is 12.2. The Balaban J connectivity index is 2.01. The first kappa shape index (κ1) is 15.8. The Morgan fingerprint density at radius 1 is 0.720 bits per heavy atom. The molecular formula is C23H23NO. The number of para-hydroxylation sites is 2. The van der Waals surface area contributed by atoms with Crippen LogP contribution in [0, 0.1) is 13.8 Å². The number of anilines is 3. The minimum atomic E-state index is 0.891. The van der Waals surface area contributed by atoms with Gasteiger partial charge >= 0.3 is 0 Å². The predicted octanol–water partition coefficient (Wildman–Crippen LogP) is 5.88. The quantitative estimate of drug-likeness (QED) is 0.582. The van der Waals surface area contributed by atoms with Gasteiger partial charge in [0.25, 0.3) is 0 Å². The van der Waals surface area contributed by atoms with E-state index in [1.807, 2.05) is 12.1 Å². The van der Waals surface area contributed by atoms with E-state index in [1.54, 1.807) is 7.11 Å². The van der Waals surface area contributed by atoms with Gasteiger partial charge in [-0.05, 0) is 62.1 Å². The monoisotopic (exact) mass is 329 g/mol. The van der Waals surface area contributed by atoms with Crippen LogP contribution in [0.2, 0.25) is 0 Å². The lowest BCUT2D eigenvalue weighted by Crippen LogP contribution is -2.13. The molecule has 0 aromatic heterocycles. The third-order valence-electron chi connectivity index (χ3n) is 4.94. The van der Waals surface area contributed by atoms with Gasteiger partial charge in [-0.1, -0.05) is 47.5 Å². The topological polar surface area (TPSA) is 12.5 Å². The highest BCUT2D eigenvalue weighted by atomic mass is 16.5. The fourth-order valence-electron chi connectivity index (χ4n) is 3.74. The fourth-order valence-corrected chi connectivity index (χ4v) is 3.74. The number of hydrogen-bond acceptors (Lipinski definition) is 2. The van der Waals surface area contributed by atoms with Crippen LogP contribution in [0.4, 0.5) is 17.1 Å². The number of aryl methyl sites for hydroxylation is 4. The summed E-state index contributed by atoms with van der Waals surface area (Å²) < 4.78 is 5.68. The first-order valence-corrected chi connectivity index (χ1v) is 8.79. The summed E-state index contributed by atoms with van der Waals surface area (Å²) in [5, 5.41) is 0. The molecule has 0 bridgehead atoms. The van der Waals surface area contributed by atoms with Crippen molar-refractivity contribution in [3.8, 4) is 5.75 Å². The normalized spacial score (nSPS) is 13.0. The highest BCUT2D eigenvalue weighted by Crippen LogP contribution is 2.45. The second-order valence-corrected chi connectivity index (χ2v) is 6.77. The van der Waals surface area contributed by atoms with Gasteiger partial charge in [-0.3, -0.25) is 0 Å². The lowest BCUT2D eigenvalue weighted by Gasteiger charge is -2.28. The molecule has 1 heterocycles. The maximum absolute atomic E-state index is 5.68. The predicted molar refractivity (Wildman–Crippen MR) is 105 cm³/mol. The number of ether oxygens (including phenoxy) is 1. The van der Waals surface area contributed by atoms with E-state index >= 15 is 0 Å². The van der Waals surface area contributed by atoms with Crippen molar-refractivity contribution in [3.05, 3.63) is 82.9 Å². The molecule has 3 aromatic rings.